The van der Waals surface area contributed by atoms with E-state index >= 15 is 0 Å². The second kappa shape index (κ2) is 10.4. The maximum absolute atomic E-state index is 11.6. The molecule has 6 rings (SSSR count). The van der Waals surface area contributed by atoms with Gasteiger partial charge in [-0.2, -0.15) is 5.10 Å². The van der Waals surface area contributed by atoms with Crippen molar-refractivity contribution in [2.24, 2.45) is 0 Å². The summed E-state index contributed by atoms with van der Waals surface area (Å²) in [6.45, 7) is 3.02. The SMILES string of the molecule is O=S1(=O)CCN(CCOc2ccc3c(Nc4ccc5c(cnn5Cc5ccccc5)c4)ncnc3c2)CC1. The van der Waals surface area contributed by atoms with E-state index in [1.807, 2.05) is 53.3 Å². The standard InChI is InChI=1S/C28H28N6O3S/c35-38(36)14-11-33(12-15-38)10-13-37-24-7-8-25-26(17-24)29-20-30-28(25)32-23-6-9-27-22(16-23)18-31-34(27)19-21-4-2-1-3-5-21/h1-9,16-18,20H,10-15,19H2,(H,29,30,32). The van der Waals surface area contributed by atoms with Gasteiger partial charge in [-0.1, -0.05) is 30.3 Å². The van der Waals surface area contributed by atoms with Crippen LogP contribution in [0.5, 0.6) is 5.75 Å². The Kier molecular flexibility index (Phi) is 6.65. The normalized spacial score (nSPS) is 15.6. The number of aromatic nitrogens is 4. The van der Waals surface area contributed by atoms with Crippen molar-refractivity contribution in [3.63, 3.8) is 0 Å². The van der Waals surface area contributed by atoms with Gasteiger partial charge in [-0.05, 0) is 35.9 Å². The fourth-order valence-electron chi connectivity index (χ4n) is 4.68. The van der Waals surface area contributed by atoms with E-state index < -0.39 is 9.84 Å². The Morgan fingerprint density at radius 2 is 1.79 bits per heavy atom. The molecule has 194 valence electrons. The quantitative estimate of drug-likeness (QED) is 0.324. The van der Waals surface area contributed by atoms with E-state index in [-0.39, 0.29) is 11.5 Å². The number of hydrogen-bond acceptors (Lipinski definition) is 8. The topological polar surface area (TPSA) is 102 Å². The summed E-state index contributed by atoms with van der Waals surface area (Å²) in [7, 11) is -2.87. The van der Waals surface area contributed by atoms with Crippen LogP contribution in [0.3, 0.4) is 0 Å². The van der Waals surface area contributed by atoms with Crippen LogP contribution in [0.1, 0.15) is 5.56 Å². The van der Waals surface area contributed by atoms with E-state index in [4.69, 9.17) is 4.74 Å². The maximum atomic E-state index is 11.6. The zero-order valence-corrected chi connectivity index (χ0v) is 21.6. The highest BCUT2D eigenvalue weighted by molar-refractivity contribution is 7.91. The smallest absolute Gasteiger partial charge is 0.152 e. The van der Waals surface area contributed by atoms with Gasteiger partial charge in [-0.25, -0.2) is 18.4 Å². The molecule has 0 saturated carbocycles. The zero-order chi connectivity index (χ0) is 26.0. The number of nitrogens with one attached hydrogen (secondary N) is 1. The number of sulfone groups is 1. The minimum Gasteiger partial charge on any atom is -0.492 e. The van der Waals surface area contributed by atoms with Crippen molar-refractivity contribution < 1.29 is 13.2 Å². The molecule has 3 heterocycles. The summed E-state index contributed by atoms with van der Waals surface area (Å²) < 4.78 is 31.1. The van der Waals surface area contributed by atoms with Gasteiger partial charge in [0.05, 0.1) is 35.3 Å². The Balaban J connectivity index is 1.13. The highest BCUT2D eigenvalue weighted by Crippen LogP contribution is 2.28. The third-order valence-electron chi connectivity index (χ3n) is 6.80. The molecule has 9 nitrogen and oxygen atoms in total. The second-order valence-corrected chi connectivity index (χ2v) is 11.7. The molecule has 0 aliphatic carbocycles. The Bertz CT molecular complexity index is 1670. The van der Waals surface area contributed by atoms with E-state index in [1.165, 1.54) is 5.56 Å². The summed E-state index contributed by atoms with van der Waals surface area (Å²) in [6, 6.07) is 22.2. The minimum absolute atomic E-state index is 0.221. The summed E-state index contributed by atoms with van der Waals surface area (Å²) in [5.74, 6) is 1.88. The van der Waals surface area contributed by atoms with Crippen molar-refractivity contribution in [3.8, 4) is 5.75 Å². The van der Waals surface area contributed by atoms with Crippen LogP contribution in [0.2, 0.25) is 0 Å². The summed E-state index contributed by atoms with van der Waals surface area (Å²) in [5.41, 5.74) is 3.97. The van der Waals surface area contributed by atoms with Crippen LogP contribution < -0.4 is 10.1 Å². The highest BCUT2D eigenvalue weighted by Gasteiger charge is 2.21. The van der Waals surface area contributed by atoms with E-state index in [0.717, 1.165) is 39.8 Å². The lowest BCUT2D eigenvalue weighted by Gasteiger charge is -2.26. The molecule has 10 heteroatoms. The average molecular weight is 529 g/mol. The molecule has 0 spiro atoms. The fourth-order valence-corrected chi connectivity index (χ4v) is 5.95. The number of hydrogen-bond donors (Lipinski definition) is 1. The molecule has 0 bridgehead atoms. The van der Waals surface area contributed by atoms with Crippen molar-refractivity contribution in [3.05, 3.63) is 84.8 Å². The molecular formula is C28H28N6O3S. The highest BCUT2D eigenvalue weighted by atomic mass is 32.2. The molecular weight excluding hydrogens is 500 g/mol. The first-order chi connectivity index (χ1) is 18.5. The summed E-state index contributed by atoms with van der Waals surface area (Å²) in [5, 5.41) is 9.94. The molecule has 0 amide bonds. The number of ether oxygens (including phenoxy) is 1. The number of fused-ring (bicyclic) bond motifs is 2. The molecule has 2 aromatic heterocycles. The molecule has 0 radical (unpaired) electrons. The number of rotatable bonds is 8. The van der Waals surface area contributed by atoms with E-state index in [0.29, 0.717) is 32.1 Å². The van der Waals surface area contributed by atoms with Gasteiger partial charge < -0.3 is 10.1 Å². The Labute approximate surface area is 221 Å². The van der Waals surface area contributed by atoms with Crippen molar-refractivity contribution in [2.75, 3.05) is 43.1 Å². The third kappa shape index (κ3) is 5.46. The van der Waals surface area contributed by atoms with E-state index in [9.17, 15) is 8.42 Å². The predicted octanol–water partition coefficient (Wildman–Crippen LogP) is 3.88. The number of anilines is 2. The molecule has 38 heavy (non-hydrogen) atoms. The van der Waals surface area contributed by atoms with Gasteiger partial charge in [0.25, 0.3) is 0 Å². The van der Waals surface area contributed by atoms with Crippen LogP contribution >= 0.6 is 0 Å². The molecule has 1 aliphatic rings. The van der Waals surface area contributed by atoms with Crippen molar-refractivity contribution in [1.82, 2.24) is 24.6 Å². The minimum atomic E-state index is -2.87. The number of benzene rings is 3. The van der Waals surface area contributed by atoms with Crippen molar-refractivity contribution in [2.45, 2.75) is 6.54 Å². The lowest BCUT2D eigenvalue weighted by molar-refractivity contribution is 0.220. The van der Waals surface area contributed by atoms with Gasteiger partial charge in [0.1, 0.15) is 24.5 Å². The predicted molar refractivity (Wildman–Crippen MR) is 149 cm³/mol. The molecule has 5 aromatic rings. The molecule has 1 saturated heterocycles. The van der Waals surface area contributed by atoms with Crippen molar-refractivity contribution >= 4 is 43.1 Å². The van der Waals surface area contributed by atoms with Crippen molar-refractivity contribution in [1.29, 1.82) is 0 Å². The molecule has 0 unspecified atom stereocenters. The summed E-state index contributed by atoms with van der Waals surface area (Å²) in [4.78, 5) is 11.0. The lowest BCUT2D eigenvalue weighted by Crippen LogP contribution is -2.42. The van der Waals surface area contributed by atoms with Gasteiger partial charge in [0.15, 0.2) is 9.84 Å². The first kappa shape index (κ1) is 24.3. The van der Waals surface area contributed by atoms with Crippen LogP contribution in [-0.4, -0.2) is 70.8 Å². The van der Waals surface area contributed by atoms with Gasteiger partial charge >= 0.3 is 0 Å². The molecule has 1 aliphatic heterocycles. The van der Waals surface area contributed by atoms with Crippen LogP contribution in [-0.2, 0) is 16.4 Å². The fraction of sp³-hybridized carbons (Fsp3) is 0.250. The molecule has 1 N–H and O–H groups in total. The average Bonchev–Trinajstić information content (AvgIpc) is 3.32. The van der Waals surface area contributed by atoms with Crippen LogP contribution in [0.4, 0.5) is 11.5 Å². The maximum Gasteiger partial charge on any atom is 0.152 e. The largest absolute Gasteiger partial charge is 0.492 e. The van der Waals surface area contributed by atoms with Crippen LogP contribution in [0.15, 0.2) is 79.3 Å². The summed E-state index contributed by atoms with van der Waals surface area (Å²) in [6.07, 6.45) is 3.42. The molecule has 0 atom stereocenters. The third-order valence-corrected chi connectivity index (χ3v) is 8.41. The van der Waals surface area contributed by atoms with E-state index in [1.54, 1.807) is 6.33 Å². The Hall–Kier alpha value is -4.02. The number of nitrogens with zero attached hydrogens (tertiary/aromatic N) is 5. The van der Waals surface area contributed by atoms with Gasteiger partial charge in [0.2, 0.25) is 0 Å². The first-order valence-corrected chi connectivity index (χ1v) is 14.4. The Morgan fingerprint density at radius 3 is 2.63 bits per heavy atom. The van der Waals surface area contributed by atoms with E-state index in [2.05, 4.69) is 49.5 Å². The monoisotopic (exact) mass is 528 g/mol. The second-order valence-electron chi connectivity index (χ2n) is 9.43. The van der Waals surface area contributed by atoms with Crippen LogP contribution in [0.25, 0.3) is 21.8 Å². The molecule has 1 fully saturated rings. The first-order valence-electron chi connectivity index (χ1n) is 12.6. The lowest BCUT2D eigenvalue weighted by atomic mass is 10.2. The zero-order valence-electron chi connectivity index (χ0n) is 20.8. The van der Waals surface area contributed by atoms with Gasteiger partial charge in [-0.3, -0.25) is 9.58 Å². The van der Waals surface area contributed by atoms with Gasteiger partial charge in [0, 0.05) is 42.2 Å². The molecule has 3 aromatic carbocycles. The van der Waals surface area contributed by atoms with Gasteiger partial charge in [-0.15, -0.1) is 0 Å². The van der Waals surface area contributed by atoms with Crippen LogP contribution in [0, 0.1) is 0 Å². The Morgan fingerprint density at radius 1 is 0.947 bits per heavy atom. The summed E-state index contributed by atoms with van der Waals surface area (Å²) >= 11 is 0.